The molecule has 1 aromatic heterocycles. The number of likely N-dealkylation sites (tertiary alicyclic amines) is 1. The van der Waals surface area contributed by atoms with E-state index in [-0.39, 0.29) is 12.4 Å². The van der Waals surface area contributed by atoms with Crippen molar-refractivity contribution in [2.45, 2.75) is 12.7 Å². The van der Waals surface area contributed by atoms with Crippen LogP contribution in [0.15, 0.2) is 6.07 Å². The molecule has 2 aliphatic rings. The lowest BCUT2D eigenvalue weighted by Gasteiger charge is -2.15. The van der Waals surface area contributed by atoms with Crippen molar-refractivity contribution in [1.29, 1.82) is 0 Å². The van der Waals surface area contributed by atoms with Crippen molar-refractivity contribution in [3.8, 4) is 0 Å². The highest BCUT2D eigenvalue weighted by atomic mass is 35.5. The van der Waals surface area contributed by atoms with E-state index in [1.54, 1.807) is 0 Å². The Bertz CT molecular complexity index is 422. The van der Waals surface area contributed by atoms with Crippen LogP contribution in [0, 0.1) is 11.8 Å². The zero-order valence-corrected chi connectivity index (χ0v) is 11.0. The van der Waals surface area contributed by atoms with Gasteiger partial charge in [-0.2, -0.15) is 18.3 Å². The van der Waals surface area contributed by atoms with Crippen LogP contribution >= 0.6 is 12.4 Å². The number of hydrogen-bond donors (Lipinski definition) is 2. The van der Waals surface area contributed by atoms with Gasteiger partial charge in [0.05, 0.1) is 0 Å². The highest BCUT2D eigenvalue weighted by Crippen LogP contribution is 2.30. The Hall–Kier alpha value is -0.790. The van der Waals surface area contributed by atoms with Crippen LogP contribution in [0.4, 0.5) is 13.2 Å². The van der Waals surface area contributed by atoms with Crippen LogP contribution in [0.5, 0.6) is 0 Å². The second-order valence-corrected chi connectivity index (χ2v) is 5.15. The minimum absolute atomic E-state index is 0. The van der Waals surface area contributed by atoms with E-state index in [0.29, 0.717) is 24.1 Å². The van der Waals surface area contributed by atoms with E-state index in [4.69, 9.17) is 0 Å². The average molecular weight is 297 g/mol. The molecule has 0 amide bonds. The molecule has 19 heavy (non-hydrogen) atoms. The van der Waals surface area contributed by atoms with E-state index >= 15 is 0 Å². The number of fused-ring (bicyclic) bond motifs is 1. The topological polar surface area (TPSA) is 44.0 Å². The second-order valence-electron chi connectivity index (χ2n) is 5.15. The predicted octanol–water partition coefficient (Wildman–Crippen LogP) is 1.50. The molecule has 108 valence electrons. The van der Waals surface area contributed by atoms with Crippen molar-refractivity contribution in [3.63, 3.8) is 0 Å². The van der Waals surface area contributed by atoms with Crippen molar-refractivity contribution in [1.82, 2.24) is 20.4 Å². The summed E-state index contributed by atoms with van der Waals surface area (Å²) in [6.45, 7) is 4.49. The summed E-state index contributed by atoms with van der Waals surface area (Å²) < 4.78 is 37.2. The molecule has 0 aliphatic carbocycles. The maximum atomic E-state index is 12.4. The number of aromatic amines is 1. The lowest BCUT2D eigenvalue weighted by molar-refractivity contribution is -0.141. The van der Waals surface area contributed by atoms with Gasteiger partial charge in [0.15, 0.2) is 5.69 Å². The Morgan fingerprint density at radius 3 is 2.42 bits per heavy atom. The highest BCUT2D eigenvalue weighted by Gasteiger charge is 2.37. The van der Waals surface area contributed by atoms with Crippen molar-refractivity contribution in [2.24, 2.45) is 11.8 Å². The van der Waals surface area contributed by atoms with Crippen LogP contribution < -0.4 is 5.32 Å². The van der Waals surface area contributed by atoms with E-state index < -0.39 is 11.9 Å². The third kappa shape index (κ3) is 3.04. The number of nitrogens with zero attached hydrogens (tertiary/aromatic N) is 2. The number of alkyl halides is 3. The number of rotatable bonds is 2. The Morgan fingerprint density at radius 1 is 1.26 bits per heavy atom. The smallest absolute Gasteiger partial charge is 0.316 e. The number of aromatic nitrogens is 2. The molecule has 2 atom stereocenters. The molecule has 4 nitrogen and oxygen atoms in total. The molecule has 3 rings (SSSR count). The van der Waals surface area contributed by atoms with Gasteiger partial charge >= 0.3 is 6.18 Å². The van der Waals surface area contributed by atoms with Crippen molar-refractivity contribution < 1.29 is 13.2 Å². The summed E-state index contributed by atoms with van der Waals surface area (Å²) in [4.78, 5) is 2.20. The molecule has 0 saturated carbocycles. The third-order valence-corrected chi connectivity index (χ3v) is 3.78. The molecule has 2 saturated heterocycles. The van der Waals surface area contributed by atoms with Gasteiger partial charge in [-0.15, -0.1) is 12.4 Å². The van der Waals surface area contributed by atoms with E-state index in [2.05, 4.69) is 20.4 Å². The fraction of sp³-hybridized carbons (Fsp3) is 0.727. The SMILES string of the molecule is Cl.FC(F)(F)c1cc(CN2C[C@H]3CNC[C@H]3C2)[nH]n1. The highest BCUT2D eigenvalue weighted by molar-refractivity contribution is 5.85. The monoisotopic (exact) mass is 296 g/mol. The molecule has 0 spiro atoms. The van der Waals surface area contributed by atoms with E-state index in [0.717, 1.165) is 32.2 Å². The number of H-pyrrole nitrogens is 1. The summed E-state index contributed by atoms with van der Waals surface area (Å²) >= 11 is 0. The van der Waals surface area contributed by atoms with E-state index in [9.17, 15) is 13.2 Å². The van der Waals surface area contributed by atoms with Gasteiger partial charge in [0.2, 0.25) is 0 Å². The maximum absolute atomic E-state index is 12.4. The maximum Gasteiger partial charge on any atom is 0.435 e. The van der Waals surface area contributed by atoms with Gasteiger partial charge in [-0.3, -0.25) is 10.00 Å². The third-order valence-electron chi connectivity index (χ3n) is 3.78. The minimum atomic E-state index is -4.36. The summed E-state index contributed by atoms with van der Waals surface area (Å²) in [5.74, 6) is 1.30. The first-order valence-electron chi connectivity index (χ1n) is 6.07. The second kappa shape index (κ2) is 5.30. The molecule has 2 N–H and O–H groups in total. The molecule has 8 heteroatoms. The lowest BCUT2D eigenvalue weighted by atomic mass is 10.0. The summed E-state index contributed by atoms with van der Waals surface area (Å²) in [7, 11) is 0. The van der Waals surface area contributed by atoms with Crippen molar-refractivity contribution in [3.05, 3.63) is 17.5 Å². The first kappa shape index (κ1) is 14.6. The fourth-order valence-electron chi connectivity index (χ4n) is 2.91. The molecule has 1 aromatic rings. The van der Waals surface area contributed by atoms with Gasteiger partial charge < -0.3 is 5.32 Å². The van der Waals surface area contributed by atoms with Gasteiger partial charge in [-0.25, -0.2) is 0 Å². The molecule has 2 aliphatic heterocycles. The Balaban J connectivity index is 0.00000133. The zero-order chi connectivity index (χ0) is 12.8. The van der Waals surface area contributed by atoms with Crippen LogP contribution in [0.25, 0.3) is 0 Å². The minimum Gasteiger partial charge on any atom is -0.316 e. The summed E-state index contributed by atoms with van der Waals surface area (Å²) in [6, 6.07) is 1.10. The quantitative estimate of drug-likeness (QED) is 0.869. The largest absolute Gasteiger partial charge is 0.435 e. The predicted molar refractivity (Wildman–Crippen MR) is 66.0 cm³/mol. The average Bonchev–Trinajstić information content (AvgIpc) is 2.90. The first-order chi connectivity index (χ1) is 8.52. The van der Waals surface area contributed by atoms with Gasteiger partial charge in [-0.05, 0) is 31.0 Å². The van der Waals surface area contributed by atoms with Gasteiger partial charge in [0.1, 0.15) is 0 Å². The van der Waals surface area contributed by atoms with Crippen LogP contribution in [0.2, 0.25) is 0 Å². The molecule has 3 heterocycles. The lowest BCUT2D eigenvalue weighted by Crippen LogP contribution is -2.25. The van der Waals surface area contributed by atoms with Crippen molar-refractivity contribution in [2.75, 3.05) is 26.2 Å². The molecular weight excluding hydrogens is 281 g/mol. The summed E-state index contributed by atoms with van der Waals surface area (Å²) in [6.07, 6.45) is -4.36. The molecule has 0 aromatic carbocycles. The molecule has 0 bridgehead atoms. The summed E-state index contributed by atoms with van der Waals surface area (Å²) in [5, 5.41) is 9.13. The molecule has 0 unspecified atom stereocenters. The van der Waals surface area contributed by atoms with Gasteiger partial charge in [0.25, 0.3) is 0 Å². The van der Waals surface area contributed by atoms with Crippen LogP contribution in [0.1, 0.15) is 11.4 Å². The standard InChI is InChI=1S/C11H15F3N4.ClH/c12-11(13,14)10-1-9(16-17-10)6-18-4-7-2-15-3-8(7)5-18;/h1,7-8,15H,2-6H2,(H,16,17);1H/t7-,8+;. The van der Waals surface area contributed by atoms with E-state index in [1.807, 2.05) is 0 Å². The Labute approximate surface area is 115 Å². The number of nitrogens with one attached hydrogen (secondary N) is 2. The first-order valence-corrected chi connectivity index (χ1v) is 6.07. The van der Waals surface area contributed by atoms with Crippen LogP contribution in [-0.4, -0.2) is 41.3 Å². The summed E-state index contributed by atoms with van der Waals surface area (Å²) in [5.41, 5.74) is -0.297. The van der Waals surface area contributed by atoms with Crippen molar-refractivity contribution >= 4 is 12.4 Å². The fourth-order valence-corrected chi connectivity index (χ4v) is 2.91. The molecular formula is C11H16ClF3N4. The number of hydrogen-bond acceptors (Lipinski definition) is 3. The van der Waals surface area contributed by atoms with Crippen LogP contribution in [-0.2, 0) is 12.7 Å². The number of halogens is 4. The Kier molecular flexibility index (Phi) is 4.08. The Morgan fingerprint density at radius 2 is 1.89 bits per heavy atom. The molecule has 2 fully saturated rings. The van der Waals surface area contributed by atoms with E-state index in [1.165, 1.54) is 0 Å². The van der Waals surface area contributed by atoms with Gasteiger partial charge in [-0.1, -0.05) is 0 Å². The van der Waals surface area contributed by atoms with Crippen LogP contribution in [0.3, 0.4) is 0 Å². The van der Waals surface area contributed by atoms with Gasteiger partial charge in [0, 0.05) is 25.3 Å². The molecule has 0 radical (unpaired) electrons. The zero-order valence-electron chi connectivity index (χ0n) is 10.2. The normalized spacial score (nSPS) is 27.3.